The molecule has 1 N–H and O–H groups in total. The standard InChI is InChI=1S/C10H12BrFO/c1-6(7(2)13)9-4-3-8(12)5-10(9)11/h3-7,13H,1-2H3. The minimum absolute atomic E-state index is 0.00924. The second-order valence-electron chi connectivity index (χ2n) is 3.20. The molecule has 0 amide bonds. The van der Waals surface area contributed by atoms with Crippen molar-refractivity contribution in [2.24, 2.45) is 0 Å². The highest BCUT2D eigenvalue weighted by atomic mass is 79.9. The maximum absolute atomic E-state index is 12.7. The van der Waals surface area contributed by atoms with Crippen molar-refractivity contribution in [2.75, 3.05) is 0 Å². The first-order chi connectivity index (χ1) is 6.02. The lowest BCUT2D eigenvalue weighted by molar-refractivity contribution is 0.168. The Bertz CT molecular complexity index is 299. The smallest absolute Gasteiger partial charge is 0.124 e. The molecule has 1 aromatic carbocycles. The third-order valence-electron chi connectivity index (χ3n) is 2.18. The summed E-state index contributed by atoms with van der Waals surface area (Å²) in [6, 6.07) is 4.50. The molecule has 0 aliphatic heterocycles. The van der Waals surface area contributed by atoms with Crippen molar-refractivity contribution in [3.8, 4) is 0 Å². The van der Waals surface area contributed by atoms with Gasteiger partial charge in [0.15, 0.2) is 0 Å². The van der Waals surface area contributed by atoms with Crippen LogP contribution in [0.1, 0.15) is 25.3 Å². The van der Waals surface area contributed by atoms with Gasteiger partial charge in [-0.05, 0) is 24.6 Å². The number of aliphatic hydroxyl groups is 1. The summed E-state index contributed by atoms with van der Waals surface area (Å²) in [5.41, 5.74) is 0.927. The normalized spacial score (nSPS) is 15.5. The molecular formula is C10H12BrFO. The van der Waals surface area contributed by atoms with Crippen molar-refractivity contribution >= 4 is 15.9 Å². The second kappa shape index (κ2) is 4.20. The summed E-state index contributed by atoms with van der Waals surface area (Å²) < 4.78 is 13.4. The molecule has 72 valence electrons. The third-order valence-corrected chi connectivity index (χ3v) is 2.86. The fourth-order valence-electron chi connectivity index (χ4n) is 1.13. The van der Waals surface area contributed by atoms with E-state index < -0.39 is 6.10 Å². The highest BCUT2D eigenvalue weighted by Crippen LogP contribution is 2.27. The Morgan fingerprint density at radius 2 is 2.00 bits per heavy atom. The Kier molecular flexibility index (Phi) is 3.45. The Morgan fingerprint density at radius 1 is 1.38 bits per heavy atom. The van der Waals surface area contributed by atoms with Gasteiger partial charge in [-0.15, -0.1) is 0 Å². The van der Waals surface area contributed by atoms with Gasteiger partial charge >= 0.3 is 0 Å². The summed E-state index contributed by atoms with van der Waals surface area (Å²) in [5.74, 6) is -0.261. The molecule has 0 saturated heterocycles. The van der Waals surface area contributed by atoms with Gasteiger partial charge in [0.05, 0.1) is 6.10 Å². The number of rotatable bonds is 2. The first kappa shape index (κ1) is 10.7. The van der Waals surface area contributed by atoms with E-state index >= 15 is 0 Å². The van der Waals surface area contributed by atoms with Crippen LogP contribution in [0.2, 0.25) is 0 Å². The van der Waals surface area contributed by atoms with E-state index in [4.69, 9.17) is 0 Å². The van der Waals surface area contributed by atoms with Crippen molar-refractivity contribution in [2.45, 2.75) is 25.9 Å². The summed E-state index contributed by atoms with van der Waals surface area (Å²) in [6.07, 6.45) is -0.429. The van der Waals surface area contributed by atoms with Crippen molar-refractivity contribution < 1.29 is 9.50 Å². The molecule has 2 unspecified atom stereocenters. The average molecular weight is 247 g/mol. The molecule has 0 aromatic heterocycles. The summed E-state index contributed by atoms with van der Waals surface area (Å²) in [6.45, 7) is 3.63. The molecule has 2 atom stereocenters. The van der Waals surface area contributed by atoms with E-state index in [9.17, 15) is 9.50 Å². The van der Waals surface area contributed by atoms with Gasteiger partial charge in [0, 0.05) is 10.4 Å². The lowest BCUT2D eigenvalue weighted by atomic mass is 9.96. The molecule has 0 radical (unpaired) electrons. The van der Waals surface area contributed by atoms with Crippen molar-refractivity contribution in [3.05, 3.63) is 34.1 Å². The molecule has 0 saturated carbocycles. The number of hydrogen-bond acceptors (Lipinski definition) is 1. The highest BCUT2D eigenvalue weighted by molar-refractivity contribution is 9.10. The predicted octanol–water partition coefficient (Wildman–Crippen LogP) is 3.07. The maximum Gasteiger partial charge on any atom is 0.124 e. The molecule has 13 heavy (non-hydrogen) atoms. The molecule has 0 fully saturated rings. The first-order valence-corrected chi connectivity index (χ1v) is 4.94. The third kappa shape index (κ3) is 2.51. The number of hydrogen-bond donors (Lipinski definition) is 1. The molecule has 0 spiro atoms. The van der Waals surface area contributed by atoms with Crippen LogP contribution < -0.4 is 0 Å². The van der Waals surface area contributed by atoms with Crippen LogP contribution in [0.4, 0.5) is 4.39 Å². The van der Waals surface area contributed by atoms with Crippen LogP contribution in [0.25, 0.3) is 0 Å². The maximum atomic E-state index is 12.7. The summed E-state index contributed by atoms with van der Waals surface area (Å²) in [4.78, 5) is 0. The van der Waals surface area contributed by atoms with Crippen molar-refractivity contribution in [3.63, 3.8) is 0 Å². The Morgan fingerprint density at radius 3 is 2.46 bits per heavy atom. The fourth-order valence-corrected chi connectivity index (χ4v) is 1.84. The van der Waals surface area contributed by atoms with E-state index in [0.29, 0.717) is 4.47 Å². The van der Waals surface area contributed by atoms with Crippen molar-refractivity contribution in [1.82, 2.24) is 0 Å². The molecular weight excluding hydrogens is 235 g/mol. The van der Waals surface area contributed by atoms with Gasteiger partial charge in [-0.1, -0.05) is 28.9 Å². The SMILES string of the molecule is CC(O)C(C)c1ccc(F)cc1Br. The van der Waals surface area contributed by atoms with E-state index in [0.717, 1.165) is 5.56 Å². The van der Waals surface area contributed by atoms with Crippen LogP contribution >= 0.6 is 15.9 Å². The van der Waals surface area contributed by atoms with E-state index in [2.05, 4.69) is 15.9 Å². The second-order valence-corrected chi connectivity index (χ2v) is 4.05. The fraction of sp³-hybridized carbons (Fsp3) is 0.400. The molecule has 1 rings (SSSR count). The van der Waals surface area contributed by atoms with Gasteiger partial charge in [0.1, 0.15) is 5.82 Å². The Balaban J connectivity index is 3.01. The molecule has 0 bridgehead atoms. The molecule has 3 heteroatoms. The number of aliphatic hydroxyl groups excluding tert-OH is 1. The van der Waals surface area contributed by atoms with Crippen LogP contribution in [0.3, 0.4) is 0 Å². The lowest BCUT2D eigenvalue weighted by Crippen LogP contribution is -2.11. The zero-order chi connectivity index (χ0) is 10.0. The molecule has 0 heterocycles. The molecule has 0 aliphatic carbocycles. The summed E-state index contributed by atoms with van der Waals surface area (Å²) in [5, 5.41) is 9.35. The summed E-state index contributed by atoms with van der Waals surface area (Å²) >= 11 is 3.26. The summed E-state index contributed by atoms with van der Waals surface area (Å²) in [7, 11) is 0. The van der Waals surface area contributed by atoms with E-state index in [1.54, 1.807) is 13.0 Å². The van der Waals surface area contributed by atoms with E-state index in [-0.39, 0.29) is 11.7 Å². The topological polar surface area (TPSA) is 20.2 Å². The van der Waals surface area contributed by atoms with Gasteiger partial charge in [0.25, 0.3) is 0 Å². The van der Waals surface area contributed by atoms with E-state index in [1.165, 1.54) is 12.1 Å². The van der Waals surface area contributed by atoms with Gasteiger partial charge in [0.2, 0.25) is 0 Å². The highest BCUT2D eigenvalue weighted by Gasteiger charge is 2.14. The van der Waals surface area contributed by atoms with Gasteiger partial charge in [-0.25, -0.2) is 4.39 Å². The predicted molar refractivity (Wildman–Crippen MR) is 54.2 cm³/mol. The lowest BCUT2D eigenvalue weighted by Gasteiger charge is -2.16. The minimum Gasteiger partial charge on any atom is -0.393 e. The zero-order valence-corrected chi connectivity index (χ0v) is 9.18. The van der Waals surface area contributed by atoms with E-state index in [1.807, 2.05) is 6.92 Å². The minimum atomic E-state index is -0.429. The number of benzene rings is 1. The van der Waals surface area contributed by atoms with Crippen LogP contribution in [-0.4, -0.2) is 11.2 Å². The zero-order valence-electron chi connectivity index (χ0n) is 7.59. The van der Waals surface area contributed by atoms with Crippen LogP contribution in [0, 0.1) is 5.82 Å². The van der Waals surface area contributed by atoms with Crippen LogP contribution in [0.5, 0.6) is 0 Å². The van der Waals surface area contributed by atoms with Crippen LogP contribution in [-0.2, 0) is 0 Å². The van der Waals surface area contributed by atoms with Crippen molar-refractivity contribution in [1.29, 1.82) is 0 Å². The van der Waals surface area contributed by atoms with Gasteiger partial charge in [-0.3, -0.25) is 0 Å². The quantitative estimate of drug-likeness (QED) is 0.851. The monoisotopic (exact) mass is 246 g/mol. The molecule has 0 aliphatic rings. The first-order valence-electron chi connectivity index (χ1n) is 4.15. The van der Waals surface area contributed by atoms with Crippen LogP contribution in [0.15, 0.2) is 22.7 Å². The van der Waals surface area contributed by atoms with Gasteiger partial charge < -0.3 is 5.11 Å². The average Bonchev–Trinajstić information content (AvgIpc) is 2.03. The Hall–Kier alpha value is -0.410. The number of halogens is 2. The largest absolute Gasteiger partial charge is 0.393 e. The van der Waals surface area contributed by atoms with Gasteiger partial charge in [-0.2, -0.15) is 0 Å². The Labute approximate surface area is 85.7 Å². The molecule has 1 nitrogen and oxygen atoms in total. The molecule has 1 aromatic rings.